The largest absolute Gasteiger partial charge is 0.388 e. The van der Waals surface area contributed by atoms with E-state index in [1.807, 2.05) is 12.1 Å². The van der Waals surface area contributed by atoms with E-state index in [-0.39, 0.29) is 6.10 Å². The van der Waals surface area contributed by atoms with Crippen LogP contribution in [-0.2, 0) is 0 Å². The van der Waals surface area contributed by atoms with Crippen LogP contribution in [0.3, 0.4) is 0 Å². The Morgan fingerprint density at radius 3 is 2.67 bits per heavy atom. The molecule has 1 atom stereocenters. The molecule has 1 aromatic rings. The first-order chi connectivity index (χ1) is 8.81. The van der Waals surface area contributed by atoms with Crippen LogP contribution in [0.1, 0.15) is 56.6 Å². The summed E-state index contributed by atoms with van der Waals surface area (Å²) in [5.74, 6) is 0.856. The summed E-state index contributed by atoms with van der Waals surface area (Å²) < 4.78 is 0. The zero-order valence-corrected chi connectivity index (χ0v) is 12.1. The molecule has 0 aliphatic heterocycles. The van der Waals surface area contributed by atoms with Gasteiger partial charge in [-0.2, -0.15) is 0 Å². The van der Waals surface area contributed by atoms with E-state index in [1.165, 1.54) is 43.4 Å². The van der Waals surface area contributed by atoms with Gasteiger partial charge in [-0.15, -0.1) is 11.8 Å². The fourth-order valence-corrected chi connectivity index (χ4v) is 3.62. The third-order valence-corrected chi connectivity index (χ3v) is 4.88. The Morgan fingerprint density at radius 2 is 1.94 bits per heavy atom. The molecular weight excluding hydrogens is 240 g/mol. The zero-order valence-electron chi connectivity index (χ0n) is 11.3. The van der Waals surface area contributed by atoms with Crippen molar-refractivity contribution in [2.24, 2.45) is 5.92 Å². The summed E-state index contributed by atoms with van der Waals surface area (Å²) in [5.41, 5.74) is 1.11. The minimum absolute atomic E-state index is 0.282. The lowest BCUT2D eigenvalue weighted by Gasteiger charge is -2.23. The van der Waals surface area contributed by atoms with Gasteiger partial charge in [0.15, 0.2) is 0 Å². The molecule has 1 unspecified atom stereocenters. The molecule has 1 saturated carbocycles. The van der Waals surface area contributed by atoms with Gasteiger partial charge in [0, 0.05) is 4.90 Å². The summed E-state index contributed by atoms with van der Waals surface area (Å²) in [7, 11) is 0. The first kappa shape index (κ1) is 14.0. The van der Waals surface area contributed by atoms with Crippen LogP contribution in [0, 0.1) is 5.92 Å². The monoisotopic (exact) mass is 264 g/mol. The van der Waals surface area contributed by atoms with Crippen molar-refractivity contribution >= 4 is 11.8 Å². The van der Waals surface area contributed by atoms with E-state index in [9.17, 15) is 5.11 Å². The van der Waals surface area contributed by atoms with Crippen molar-refractivity contribution in [3.05, 3.63) is 29.8 Å². The molecule has 1 aromatic carbocycles. The van der Waals surface area contributed by atoms with Crippen molar-refractivity contribution in [2.45, 2.75) is 55.9 Å². The van der Waals surface area contributed by atoms with Crippen molar-refractivity contribution in [3.63, 3.8) is 0 Å². The standard InChI is InChI=1S/C16H24OS/c1-18-16-10-6-5-9-14(16)15(17)12-11-13-7-3-2-4-8-13/h5-6,9-10,13,15,17H,2-4,7-8,11-12H2,1H3. The van der Waals surface area contributed by atoms with Gasteiger partial charge in [-0.05, 0) is 36.6 Å². The molecule has 0 amide bonds. The van der Waals surface area contributed by atoms with Crippen LogP contribution in [0.4, 0.5) is 0 Å². The Bertz CT molecular complexity index is 358. The Balaban J connectivity index is 1.88. The molecule has 0 heterocycles. The highest BCUT2D eigenvalue weighted by Gasteiger charge is 2.17. The second-order valence-electron chi connectivity index (χ2n) is 5.34. The quantitative estimate of drug-likeness (QED) is 0.771. The molecule has 100 valence electrons. The van der Waals surface area contributed by atoms with E-state index >= 15 is 0 Å². The fourth-order valence-electron chi connectivity index (χ4n) is 2.97. The van der Waals surface area contributed by atoms with Crippen LogP contribution in [0.2, 0.25) is 0 Å². The summed E-state index contributed by atoms with van der Waals surface area (Å²) in [6.45, 7) is 0. The molecule has 0 aromatic heterocycles. The second-order valence-corrected chi connectivity index (χ2v) is 6.19. The van der Waals surface area contributed by atoms with Crippen LogP contribution < -0.4 is 0 Å². The molecule has 0 radical (unpaired) electrons. The van der Waals surface area contributed by atoms with E-state index < -0.39 is 0 Å². The van der Waals surface area contributed by atoms with Crippen molar-refractivity contribution in [1.29, 1.82) is 0 Å². The molecule has 2 rings (SSSR count). The molecule has 18 heavy (non-hydrogen) atoms. The lowest BCUT2D eigenvalue weighted by atomic mass is 9.85. The molecule has 1 N–H and O–H groups in total. The first-order valence-electron chi connectivity index (χ1n) is 7.12. The number of benzene rings is 1. The zero-order chi connectivity index (χ0) is 12.8. The average Bonchev–Trinajstić information content (AvgIpc) is 2.45. The van der Waals surface area contributed by atoms with Crippen LogP contribution >= 0.6 is 11.8 Å². The number of aliphatic hydroxyl groups is 1. The van der Waals surface area contributed by atoms with Gasteiger partial charge in [0.2, 0.25) is 0 Å². The predicted octanol–water partition coefficient (Wildman–Crippen LogP) is 4.80. The lowest BCUT2D eigenvalue weighted by molar-refractivity contribution is 0.149. The summed E-state index contributed by atoms with van der Waals surface area (Å²) >= 11 is 1.73. The average molecular weight is 264 g/mol. The Morgan fingerprint density at radius 1 is 1.22 bits per heavy atom. The summed E-state index contributed by atoms with van der Waals surface area (Å²) in [6, 6.07) is 8.24. The van der Waals surface area contributed by atoms with Gasteiger partial charge in [0.05, 0.1) is 6.10 Å². The lowest BCUT2D eigenvalue weighted by Crippen LogP contribution is -2.08. The molecule has 0 saturated heterocycles. The van der Waals surface area contributed by atoms with Gasteiger partial charge in [-0.1, -0.05) is 50.3 Å². The Labute approximate surface area is 115 Å². The molecule has 1 nitrogen and oxygen atoms in total. The normalized spacial score (nSPS) is 18.8. The number of hydrogen-bond donors (Lipinski definition) is 1. The molecule has 0 bridgehead atoms. The van der Waals surface area contributed by atoms with Gasteiger partial charge in [-0.25, -0.2) is 0 Å². The molecule has 1 fully saturated rings. The SMILES string of the molecule is CSc1ccccc1C(O)CCC1CCCCC1. The fraction of sp³-hybridized carbons (Fsp3) is 0.625. The molecular formula is C16H24OS. The van der Waals surface area contributed by atoms with Gasteiger partial charge in [0.25, 0.3) is 0 Å². The van der Waals surface area contributed by atoms with E-state index in [4.69, 9.17) is 0 Å². The molecule has 1 aliphatic rings. The molecule has 2 heteroatoms. The third kappa shape index (κ3) is 3.76. The van der Waals surface area contributed by atoms with Gasteiger partial charge < -0.3 is 5.11 Å². The smallest absolute Gasteiger partial charge is 0.0801 e. The van der Waals surface area contributed by atoms with E-state index in [1.54, 1.807) is 11.8 Å². The van der Waals surface area contributed by atoms with Gasteiger partial charge in [-0.3, -0.25) is 0 Å². The number of hydrogen-bond acceptors (Lipinski definition) is 2. The van der Waals surface area contributed by atoms with Crippen molar-refractivity contribution in [3.8, 4) is 0 Å². The maximum Gasteiger partial charge on any atom is 0.0801 e. The van der Waals surface area contributed by atoms with Gasteiger partial charge in [0.1, 0.15) is 0 Å². The van der Waals surface area contributed by atoms with Crippen LogP contribution in [0.25, 0.3) is 0 Å². The Kier molecular flexibility index (Phi) is 5.58. The molecule has 0 spiro atoms. The van der Waals surface area contributed by atoms with Crippen molar-refractivity contribution < 1.29 is 5.11 Å². The highest BCUT2D eigenvalue weighted by atomic mass is 32.2. The first-order valence-corrected chi connectivity index (χ1v) is 8.34. The van der Waals surface area contributed by atoms with Crippen LogP contribution in [0.15, 0.2) is 29.2 Å². The maximum atomic E-state index is 10.3. The van der Waals surface area contributed by atoms with Gasteiger partial charge >= 0.3 is 0 Å². The van der Waals surface area contributed by atoms with E-state index in [0.717, 1.165) is 17.9 Å². The number of aliphatic hydroxyl groups excluding tert-OH is 1. The van der Waals surface area contributed by atoms with Crippen LogP contribution in [0.5, 0.6) is 0 Å². The van der Waals surface area contributed by atoms with Crippen molar-refractivity contribution in [1.82, 2.24) is 0 Å². The maximum absolute atomic E-state index is 10.3. The summed E-state index contributed by atoms with van der Waals surface area (Å²) in [4.78, 5) is 1.22. The summed E-state index contributed by atoms with van der Waals surface area (Å²) in [5, 5.41) is 10.3. The minimum atomic E-state index is -0.282. The predicted molar refractivity (Wildman–Crippen MR) is 79.0 cm³/mol. The topological polar surface area (TPSA) is 20.2 Å². The highest BCUT2D eigenvalue weighted by molar-refractivity contribution is 7.98. The number of thioether (sulfide) groups is 1. The third-order valence-electron chi connectivity index (χ3n) is 4.07. The van der Waals surface area contributed by atoms with E-state index in [0.29, 0.717) is 0 Å². The molecule has 1 aliphatic carbocycles. The highest BCUT2D eigenvalue weighted by Crippen LogP contribution is 2.32. The van der Waals surface area contributed by atoms with Crippen LogP contribution in [-0.4, -0.2) is 11.4 Å². The summed E-state index contributed by atoms with van der Waals surface area (Å²) in [6.07, 6.45) is 10.8. The van der Waals surface area contributed by atoms with Crippen molar-refractivity contribution in [2.75, 3.05) is 6.26 Å². The second kappa shape index (κ2) is 7.20. The minimum Gasteiger partial charge on any atom is -0.388 e. The number of rotatable bonds is 5. The van der Waals surface area contributed by atoms with E-state index in [2.05, 4.69) is 18.4 Å². The Hall–Kier alpha value is -0.470.